The molecule has 1 aromatic rings. The van der Waals surface area contributed by atoms with Crippen LogP contribution in [0.4, 0.5) is 0 Å². The third-order valence-corrected chi connectivity index (χ3v) is 2.67. The first-order chi connectivity index (χ1) is 8.04. The lowest BCUT2D eigenvalue weighted by Crippen LogP contribution is -2.36. The van der Waals surface area contributed by atoms with Crippen LogP contribution in [0.1, 0.15) is 23.7 Å². The fourth-order valence-electron chi connectivity index (χ4n) is 1.49. The lowest BCUT2D eigenvalue weighted by Gasteiger charge is -2.19. The predicted octanol–water partition coefficient (Wildman–Crippen LogP) is 2.39. The summed E-state index contributed by atoms with van der Waals surface area (Å²) in [5.74, 6) is -1.25. The summed E-state index contributed by atoms with van der Waals surface area (Å²) < 4.78 is 0.801. The molecule has 1 N–H and O–H groups in total. The molecule has 0 aliphatic carbocycles. The molecule has 0 radical (unpaired) electrons. The number of hydrogen-bond donors (Lipinski definition) is 1. The van der Waals surface area contributed by atoms with Gasteiger partial charge in [0.05, 0.1) is 0 Å². The van der Waals surface area contributed by atoms with Crippen LogP contribution in [-0.2, 0) is 4.79 Å². The van der Waals surface area contributed by atoms with Crippen LogP contribution >= 0.6 is 15.9 Å². The van der Waals surface area contributed by atoms with E-state index in [2.05, 4.69) is 15.9 Å². The Hall–Kier alpha value is -1.36. The summed E-state index contributed by atoms with van der Waals surface area (Å²) in [6.45, 7) is 2.08. The van der Waals surface area contributed by atoms with Crippen LogP contribution < -0.4 is 0 Å². The van der Waals surface area contributed by atoms with E-state index >= 15 is 0 Å². The van der Waals surface area contributed by atoms with Crippen molar-refractivity contribution in [3.8, 4) is 0 Å². The molecule has 0 spiro atoms. The summed E-state index contributed by atoms with van der Waals surface area (Å²) in [6.07, 6.45) is 0.729. The Morgan fingerprint density at radius 2 is 2.12 bits per heavy atom. The highest BCUT2D eigenvalue weighted by molar-refractivity contribution is 9.10. The maximum Gasteiger partial charge on any atom is 0.323 e. The first-order valence-electron chi connectivity index (χ1n) is 5.31. The largest absolute Gasteiger partial charge is 0.480 e. The van der Waals surface area contributed by atoms with Crippen LogP contribution in [0.2, 0.25) is 0 Å². The highest BCUT2D eigenvalue weighted by Crippen LogP contribution is 2.13. The number of halogens is 1. The maximum absolute atomic E-state index is 12.1. The number of hydrogen-bond acceptors (Lipinski definition) is 2. The zero-order chi connectivity index (χ0) is 12.8. The van der Waals surface area contributed by atoms with Gasteiger partial charge in [-0.15, -0.1) is 0 Å². The van der Waals surface area contributed by atoms with Gasteiger partial charge in [-0.3, -0.25) is 9.59 Å². The van der Waals surface area contributed by atoms with E-state index in [-0.39, 0.29) is 12.5 Å². The Kier molecular flexibility index (Phi) is 5.15. The second kappa shape index (κ2) is 6.39. The van der Waals surface area contributed by atoms with Gasteiger partial charge in [0.1, 0.15) is 6.54 Å². The number of rotatable bonds is 5. The molecule has 5 heteroatoms. The highest BCUT2D eigenvalue weighted by atomic mass is 79.9. The van der Waals surface area contributed by atoms with E-state index in [0.29, 0.717) is 12.1 Å². The van der Waals surface area contributed by atoms with Crippen molar-refractivity contribution in [3.63, 3.8) is 0 Å². The number of carbonyl (C=O) groups excluding carboxylic acids is 1. The van der Waals surface area contributed by atoms with E-state index in [1.807, 2.05) is 13.0 Å². The minimum atomic E-state index is -0.998. The van der Waals surface area contributed by atoms with Crippen molar-refractivity contribution in [2.45, 2.75) is 13.3 Å². The third kappa shape index (κ3) is 4.19. The van der Waals surface area contributed by atoms with Crippen molar-refractivity contribution >= 4 is 27.8 Å². The van der Waals surface area contributed by atoms with Crippen molar-refractivity contribution in [1.29, 1.82) is 0 Å². The molecule has 1 amide bonds. The van der Waals surface area contributed by atoms with Gasteiger partial charge in [-0.05, 0) is 24.6 Å². The van der Waals surface area contributed by atoms with Crippen LogP contribution in [0.5, 0.6) is 0 Å². The quantitative estimate of drug-likeness (QED) is 0.908. The Balaban J connectivity index is 2.87. The van der Waals surface area contributed by atoms with E-state index < -0.39 is 5.97 Å². The molecule has 0 saturated heterocycles. The molecule has 0 heterocycles. The van der Waals surface area contributed by atoms with E-state index in [1.54, 1.807) is 18.2 Å². The number of benzene rings is 1. The molecular weight excluding hydrogens is 286 g/mol. The fraction of sp³-hybridized carbons (Fsp3) is 0.333. The molecule has 0 bridgehead atoms. The maximum atomic E-state index is 12.1. The topological polar surface area (TPSA) is 57.6 Å². The van der Waals surface area contributed by atoms with Gasteiger partial charge >= 0.3 is 5.97 Å². The van der Waals surface area contributed by atoms with Crippen LogP contribution in [-0.4, -0.2) is 35.0 Å². The summed E-state index contributed by atoms with van der Waals surface area (Å²) >= 11 is 3.28. The monoisotopic (exact) mass is 299 g/mol. The molecule has 0 unspecified atom stereocenters. The average molecular weight is 300 g/mol. The van der Waals surface area contributed by atoms with Gasteiger partial charge in [0.2, 0.25) is 0 Å². The zero-order valence-corrected chi connectivity index (χ0v) is 11.1. The van der Waals surface area contributed by atoms with Crippen molar-refractivity contribution < 1.29 is 14.7 Å². The average Bonchev–Trinajstić information content (AvgIpc) is 2.27. The lowest BCUT2D eigenvalue weighted by molar-refractivity contribution is -0.137. The van der Waals surface area contributed by atoms with Crippen LogP contribution in [0.15, 0.2) is 28.7 Å². The predicted molar refractivity (Wildman–Crippen MR) is 68.0 cm³/mol. The molecule has 1 aromatic carbocycles. The highest BCUT2D eigenvalue weighted by Gasteiger charge is 2.17. The smallest absolute Gasteiger partial charge is 0.323 e. The Morgan fingerprint density at radius 3 is 2.65 bits per heavy atom. The number of carboxylic acids is 1. The van der Waals surface area contributed by atoms with Crippen molar-refractivity contribution in [2.75, 3.05) is 13.1 Å². The van der Waals surface area contributed by atoms with Gasteiger partial charge < -0.3 is 10.0 Å². The van der Waals surface area contributed by atoms with Crippen molar-refractivity contribution in [3.05, 3.63) is 34.3 Å². The molecule has 0 atom stereocenters. The fourth-order valence-corrected chi connectivity index (χ4v) is 1.89. The standard InChI is InChI=1S/C12H14BrNO3/c1-2-6-14(8-11(15)16)12(17)9-4-3-5-10(13)7-9/h3-5,7H,2,6,8H2,1H3,(H,15,16). The Labute approximate surface area is 108 Å². The van der Waals surface area contributed by atoms with Gasteiger partial charge in [-0.2, -0.15) is 0 Å². The SMILES string of the molecule is CCCN(CC(=O)O)C(=O)c1cccc(Br)c1. The van der Waals surface area contributed by atoms with Gasteiger partial charge in [-0.25, -0.2) is 0 Å². The van der Waals surface area contributed by atoms with Crippen LogP contribution in [0, 0.1) is 0 Å². The molecular formula is C12H14BrNO3. The molecule has 17 heavy (non-hydrogen) atoms. The van der Waals surface area contributed by atoms with E-state index in [9.17, 15) is 9.59 Å². The van der Waals surface area contributed by atoms with Gasteiger partial charge in [0, 0.05) is 16.6 Å². The second-order valence-corrected chi connectivity index (χ2v) is 4.55. The number of carboxylic acid groups (broad SMARTS) is 1. The normalized spacial score (nSPS) is 10.0. The van der Waals surface area contributed by atoms with E-state index in [4.69, 9.17) is 5.11 Å². The van der Waals surface area contributed by atoms with E-state index in [1.165, 1.54) is 4.90 Å². The first-order valence-corrected chi connectivity index (χ1v) is 6.10. The molecule has 4 nitrogen and oxygen atoms in total. The van der Waals surface area contributed by atoms with E-state index in [0.717, 1.165) is 10.9 Å². The molecule has 0 fully saturated rings. The van der Waals surface area contributed by atoms with Gasteiger partial charge in [0.15, 0.2) is 0 Å². The summed E-state index contributed by atoms with van der Waals surface area (Å²) in [7, 11) is 0. The third-order valence-electron chi connectivity index (χ3n) is 2.18. The molecule has 92 valence electrons. The van der Waals surface area contributed by atoms with Gasteiger partial charge in [0.25, 0.3) is 5.91 Å². The number of carbonyl (C=O) groups is 2. The summed E-state index contributed by atoms with van der Waals surface area (Å²) in [5, 5.41) is 8.76. The number of amides is 1. The molecule has 0 aliphatic heterocycles. The molecule has 1 rings (SSSR count). The van der Waals surface area contributed by atoms with Crippen molar-refractivity contribution in [2.24, 2.45) is 0 Å². The minimum Gasteiger partial charge on any atom is -0.480 e. The molecule has 0 saturated carbocycles. The molecule has 0 aromatic heterocycles. The second-order valence-electron chi connectivity index (χ2n) is 3.63. The number of nitrogens with zero attached hydrogens (tertiary/aromatic N) is 1. The first kappa shape index (κ1) is 13.7. The summed E-state index contributed by atoms with van der Waals surface area (Å²) in [5.41, 5.74) is 0.495. The Bertz CT molecular complexity index is 420. The number of aliphatic carboxylic acids is 1. The summed E-state index contributed by atoms with van der Waals surface area (Å²) in [6, 6.07) is 6.94. The van der Waals surface area contributed by atoms with Crippen LogP contribution in [0.3, 0.4) is 0 Å². The lowest BCUT2D eigenvalue weighted by atomic mass is 10.2. The van der Waals surface area contributed by atoms with Crippen molar-refractivity contribution in [1.82, 2.24) is 4.90 Å². The summed E-state index contributed by atoms with van der Waals surface area (Å²) in [4.78, 5) is 24.1. The zero-order valence-electron chi connectivity index (χ0n) is 9.52. The Morgan fingerprint density at radius 1 is 1.41 bits per heavy atom. The minimum absolute atomic E-state index is 0.254. The van der Waals surface area contributed by atoms with Crippen LogP contribution in [0.25, 0.3) is 0 Å². The van der Waals surface area contributed by atoms with Gasteiger partial charge in [-0.1, -0.05) is 28.9 Å². The molecule has 0 aliphatic rings.